The highest BCUT2D eigenvalue weighted by Crippen LogP contribution is 2.28. The largest absolute Gasteiger partial charge is 0.394 e. The summed E-state index contributed by atoms with van der Waals surface area (Å²) >= 11 is 5.85. The van der Waals surface area contributed by atoms with Crippen LogP contribution in [0.2, 0.25) is 5.02 Å². The third-order valence-corrected chi connectivity index (χ3v) is 3.86. The Bertz CT molecular complexity index is 333. The molecule has 0 heterocycles. The summed E-state index contributed by atoms with van der Waals surface area (Å²) in [6.45, 7) is 0.202. The predicted molar refractivity (Wildman–Crippen MR) is 72.5 cm³/mol. The van der Waals surface area contributed by atoms with Crippen LogP contribution in [0.15, 0.2) is 24.3 Å². The molecule has 1 fully saturated rings. The fourth-order valence-electron chi connectivity index (χ4n) is 2.61. The minimum atomic E-state index is 0.177. The average Bonchev–Trinajstić information content (AvgIpc) is 2.39. The summed E-state index contributed by atoms with van der Waals surface area (Å²) in [5.41, 5.74) is 1.04. The molecule has 1 aromatic carbocycles. The van der Waals surface area contributed by atoms with Crippen LogP contribution < -0.4 is 5.32 Å². The first-order valence-corrected chi connectivity index (χ1v) is 6.80. The fraction of sp³-hybridized carbons (Fsp3) is 0.571. The standard InChI is InChI=1S/C14H20ClNO/c15-12-6-8-13(9-7-12)16-14(10-17)11-4-2-1-3-5-11/h6-9,11,14,16-17H,1-5,10H2. The van der Waals surface area contributed by atoms with E-state index in [1.165, 1.54) is 32.1 Å². The molecule has 1 unspecified atom stereocenters. The third kappa shape index (κ3) is 3.62. The van der Waals surface area contributed by atoms with Gasteiger partial charge < -0.3 is 10.4 Å². The van der Waals surface area contributed by atoms with Gasteiger partial charge in [0.15, 0.2) is 0 Å². The number of aliphatic hydroxyl groups excluding tert-OH is 1. The molecular weight excluding hydrogens is 234 g/mol. The molecule has 1 saturated carbocycles. The first-order valence-electron chi connectivity index (χ1n) is 6.42. The van der Waals surface area contributed by atoms with Crippen LogP contribution in [0, 0.1) is 5.92 Å². The second-order valence-corrected chi connectivity index (χ2v) is 5.27. The lowest BCUT2D eigenvalue weighted by atomic mass is 9.84. The number of rotatable bonds is 4. The smallest absolute Gasteiger partial charge is 0.0635 e. The van der Waals surface area contributed by atoms with Crippen molar-refractivity contribution in [2.24, 2.45) is 5.92 Å². The molecule has 17 heavy (non-hydrogen) atoms. The lowest BCUT2D eigenvalue weighted by Crippen LogP contribution is -2.33. The van der Waals surface area contributed by atoms with Gasteiger partial charge in [-0.15, -0.1) is 0 Å². The highest BCUT2D eigenvalue weighted by molar-refractivity contribution is 6.30. The molecule has 0 bridgehead atoms. The number of halogens is 1. The quantitative estimate of drug-likeness (QED) is 0.858. The Morgan fingerprint density at radius 1 is 1.18 bits per heavy atom. The van der Waals surface area contributed by atoms with E-state index in [-0.39, 0.29) is 12.6 Å². The minimum Gasteiger partial charge on any atom is -0.394 e. The van der Waals surface area contributed by atoms with Crippen molar-refractivity contribution in [2.45, 2.75) is 38.1 Å². The number of hydrogen-bond donors (Lipinski definition) is 2. The van der Waals surface area contributed by atoms with Crippen molar-refractivity contribution in [3.05, 3.63) is 29.3 Å². The zero-order chi connectivity index (χ0) is 12.1. The molecule has 1 aliphatic rings. The van der Waals surface area contributed by atoms with Crippen LogP contribution in [-0.4, -0.2) is 17.8 Å². The predicted octanol–water partition coefficient (Wildman–Crippen LogP) is 3.69. The molecule has 0 aromatic heterocycles. The topological polar surface area (TPSA) is 32.3 Å². The third-order valence-electron chi connectivity index (χ3n) is 3.61. The van der Waals surface area contributed by atoms with E-state index in [4.69, 9.17) is 11.6 Å². The van der Waals surface area contributed by atoms with E-state index in [2.05, 4.69) is 5.32 Å². The van der Waals surface area contributed by atoms with Crippen molar-refractivity contribution in [3.63, 3.8) is 0 Å². The van der Waals surface area contributed by atoms with Gasteiger partial charge in [0.2, 0.25) is 0 Å². The minimum absolute atomic E-state index is 0.177. The van der Waals surface area contributed by atoms with Gasteiger partial charge in [-0.2, -0.15) is 0 Å². The van der Waals surface area contributed by atoms with Crippen LogP contribution in [0.1, 0.15) is 32.1 Å². The molecule has 3 heteroatoms. The summed E-state index contributed by atoms with van der Waals surface area (Å²) in [5, 5.41) is 13.7. The normalized spacial score (nSPS) is 18.9. The number of anilines is 1. The van der Waals surface area contributed by atoms with Crippen molar-refractivity contribution < 1.29 is 5.11 Å². The van der Waals surface area contributed by atoms with Gasteiger partial charge in [-0.05, 0) is 43.0 Å². The van der Waals surface area contributed by atoms with Gasteiger partial charge >= 0.3 is 0 Å². The molecule has 0 amide bonds. The Labute approximate surface area is 108 Å². The zero-order valence-corrected chi connectivity index (χ0v) is 10.8. The lowest BCUT2D eigenvalue weighted by molar-refractivity contribution is 0.209. The molecule has 0 radical (unpaired) electrons. The molecule has 2 N–H and O–H groups in total. The lowest BCUT2D eigenvalue weighted by Gasteiger charge is -2.30. The summed E-state index contributed by atoms with van der Waals surface area (Å²) in [6, 6.07) is 7.86. The van der Waals surface area contributed by atoms with Crippen LogP contribution in [0.5, 0.6) is 0 Å². The van der Waals surface area contributed by atoms with Crippen molar-refractivity contribution in [1.82, 2.24) is 0 Å². The molecule has 94 valence electrons. The maximum atomic E-state index is 9.51. The zero-order valence-electron chi connectivity index (χ0n) is 10.0. The van der Waals surface area contributed by atoms with Gasteiger partial charge in [0.05, 0.1) is 12.6 Å². The second-order valence-electron chi connectivity index (χ2n) is 4.84. The van der Waals surface area contributed by atoms with Gasteiger partial charge in [-0.1, -0.05) is 30.9 Å². The second kappa shape index (κ2) is 6.27. The molecule has 2 rings (SSSR count). The van der Waals surface area contributed by atoms with E-state index in [0.717, 1.165) is 10.7 Å². The molecule has 0 saturated heterocycles. The van der Waals surface area contributed by atoms with Crippen LogP contribution in [0.25, 0.3) is 0 Å². The molecular formula is C14H20ClNO. The molecule has 1 atom stereocenters. The molecule has 2 nitrogen and oxygen atoms in total. The van der Waals surface area contributed by atoms with Crippen molar-refractivity contribution >= 4 is 17.3 Å². The Morgan fingerprint density at radius 2 is 1.82 bits per heavy atom. The molecule has 1 aromatic rings. The van der Waals surface area contributed by atoms with E-state index in [1.807, 2.05) is 24.3 Å². The van der Waals surface area contributed by atoms with Crippen LogP contribution in [0.3, 0.4) is 0 Å². The summed E-state index contributed by atoms with van der Waals surface area (Å²) in [6.07, 6.45) is 6.39. The highest BCUT2D eigenvalue weighted by Gasteiger charge is 2.22. The van der Waals surface area contributed by atoms with E-state index >= 15 is 0 Å². The summed E-state index contributed by atoms with van der Waals surface area (Å²) in [4.78, 5) is 0. The first-order chi connectivity index (χ1) is 8.29. The van der Waals surface area contributed by atoms with E-state index < -0.39 is 0 Å². The van der Waals surface area contributed by atoms with Crippen LogP contribution in [0.4, 0.5) is 5.69 Å². The maximum Gasteiger partial charge on any atom is 0.0635 e. The number of hydrogen-bond acceptors (Lipinski definition) is 2. The van der Waals surface area contributed by atoms with Gasteiger partial charge in [0, 0.05) is 10.7 Å². The van der Waals surface area contributed by atoms with E-state index in [0.29, 0.717) is 5.92 Å². The van der Waals surface area contributed by atoms with Crippen LogP contribution >= 0.6 is 11.6 Å². The van der Waals surface area contributed by atoms with Gasteiger partial charge in [-0.25, -0.2) is 0 Å². The number of benzene rings is 1. The number of aliphatic hydroxyl groups is 1. The summed E-state index contributed by atoms with van der Waals surface area (Å²) < 4.78 is 0. The Balaban J connectivity index is 1.96. The van der Waals surface area contributed by atoms with Crippen molar-refractivity contribution in [3.8, 4) is 0 Å². The summed E-state index contributed by atoms with van der Waals surface area (Å²) in [7, 11) is 0. The van der Waals surface area contributed by atoms with E-state index in [1.54, 1.807) is 0 Å². The number of nitrogens with one attached hydrogen (secondary N) is 1. The van der Waals surface area contributed by atoms with Gasteiger partial charge in [0.25, 0.3) is 0 Å². The van der Waals surface area contributed by atoms with Gasteiger partial charge in [-0.3, -0.25) is 0 Å². The highest BCUT2D eigenvalue weighted by atomic mass is 35.5. The van der Waals surface area contributed by atoms with Gasteiger partial charge in [0.1, 0.15) is 0 Å². The first kappa shape index (κ1) is 12.7. The molecule has 0 aliphatic heterocycles. The van der Waals surface area contributed by atoms with Crippen molar-refractivity contribution in [1.29, 1.82) is 0 Å². The SMILES string of the molecule is OCC(Nc1ccc(Cl)cc1)C1CCCCC1. The average molecular weight is 254 g/mol. The molecule has 1 aliphatic carbocycles. The molecule has 0 spiro atoms. The van der Waals surface area contributed by atoms with Crippen molar-refractivity contribution in [2.75, 3.05) is 11.9 Å². The summed E-state index contributed by atoms with van der Waals surface area (Å²) in [5.74, 6) is 0.601. The Morgan fingerprint density at radius 3 is 2.41 bits per heavy atom. The van der Waals surface area contributed by atoms with E-state index in [9.17, 15) is 5.11 Å². The maximum absolute atomic E-state index is 9.51. The van der Waals surface area contributed by atoms with Crippen LogP contribution in [-0.2, 0) is 0 Å². The fourth-order valence-corrected chi connectivity index (χ4v) is 2.74. The Kier molecular flexibility index (Phi) is 4.69. The Hall–Kier alpha value is -0.730. The monoisotopic (exact) mass is 253 g/mol.